The van der Waals surface area contributed by atoms with Crippen molar-refractivity contribution in [3.8, 4) is 0 Å². The van der Waals surface area contributed by atoms with Gasteiger partial charge in [-0.05, 0) is 158 Å². The molecule has 7 aromatic carbocycles. The van der Waals surface area contributed by atoms with Crippen LogP contribution in [0.1, 0.15) is 138 Å². The summed E-state index contributed by atoms with van der Waals surface area (Å²) in [5.41, 5.74) is 18.6. The molecule has 414 valence electrons. The van der Waals surface area contributed by atoms with Gasteiger partial charge in [-0.2, -0.15) is 0 Å². The van der Waals surface area contributed by atoms with E-state index in [1.165, 1.54) is 49.3 Å². The summed E-state index contributed by atoms with van der Waals surface area (Å²) in [6.45, 7) is 50.1. The third-order valence-corrected chi connectivity index (χ3v) is 17.0. The molecular weight excluding hydrogens is 988 g/mol. The number of hydrogen-bond acceptors (Lipinski definition) is 5. The topological polar surface area (TPSA) is 21.8 Å². The van der Waals surface area contributed by atoms with Crippen LogP contribution < -0.4 is 30.9 Å². The molecule has 1 unspecified atom stereocenters. The second-order valence-corrected chi connectivity index (χ2v) is 28.4. The molecule has 0 amide bonds. The van der Waals surface area contributed by atoms with Crippen molar-refractivity contribution in [1.29, 1.82) is 0 Å². The van der Waals surface area contributed by atoms with Gasteiger partial charge in [0, 0.05) is 50.4 Å². The lowest BCUT2D eigenvalue weighted by Gasteiger charge is -2.46. The van der Waals surface area contributed by atoms with Crippen LogP contribution in [0.3, 0.4) is 0 Å². The molecule has 0 aliphatic carbocycles. The number of thioether (sulfide) groups is 1. The fourth-order valence-corrected chi connectivity index (χ4v) is 11.9. The Labute approximate surface area is 488 Å². The highest BCUT2D eigenvalue weighted by atomic mass is 32.2. The van der Waals surface area contributed by atoms with E-state index in [0.717, 1.165) is 56.9 Å². The average molecular weight is 1080 g/mol. The highest BCUT2D eigenvalue weighted by molar-refractivity contribution is 8.03. The second kappa shape index (κ2) is 23.3. The van der Waals surface area contributed by atoms with E-state index in [-0.39, 0.29) is 39.0 Å². The molecule has 0 saturated heterocycles. The first-order valence-corrected chi connectivity index (χ1v) is 29.6. The van der Waals surface area contributed by atoms with Crippen molar-refractivity contribution in [2.24, 2.45) is 11.3 Å². The highest BCUT2D eigenvalue weighted by Gasteiger charge is 2.39. The SMILES string of the molecule is C=C/C=C\[C@H](C(CC=C)C(C)(C)C)N1c2cc(N(c3ccc(C(C)(C)C)cc3)c3ccc(C(C)(C)C)cc3)ccc2Bc2c(NC(=C)Sc3ccccc3C)cc(N(c3ccc(C(C)(C)C)cc3)c3ccc(C(C)(C)C)cc3)cc21. The van der Waals surface area contributed by atoms with Crippen LogP contribution in [0.25, 0.3) is 0 Å². The Kier molecular flexibility index (Phi) is 17.3. The van der Waals surface area contributed by atoms with Gasteiger partial charge in [-0.3, -0.25) is 0 Å². The van der Waals surface area contributed by atoms with Gasteiger partial charge < -0.3 is 20.0 Å². The zero-order chi connectivity index (χ0) is 58.1. The van der Waals surface area contributed by atoms with Crippen LogP contribution in [0.4, 0.5) is 51.2 Å². The zero-order valence-corrected chi connectivity index (χ0v) is 52.0. The lowest BCUT2D eigenvalue weighted by Crippen LogP contribution is -2.50. The third kappa shape index (κ3) is 13.3. The summed E-state index contributed by atoms with van der Waals surface area (Å²) in [6, 6.07) is 57.2. The Morgan fingerprint density at radius 3 is 1.39 bits per heavy atom. The molecule has 0 saturated carbocycles. The molecule has 2 atom stereocenters. The summed E-state index contributed by atoms with van der Waals surface area (Å²) in [4.78, 5) is 8.71. The Hall–Kier alpha value is -6.89. The molecule has 0 aromatic heterocycles. The maximum absolute atomic E-state index is 4.73. The molecule has 4 nitrogen and oxygen atoms in total. The predicted octanol–water partition coefficient (Wildman–Crippen LogP) is 20.0. The molecule has 1 aliphatic heterocycles. The van der Waals surface area contributed by atoms with Gasteiger partial charge in [0.25, 0.3) is 0 Å². The fraction of sp³-hybridized carbons (Fsp3) is 0.324. The van der Waals surface area contributed by atoms with Gasteiger partial charge in [0.15, 0.2) is 7.28 Å². The van der Waals surface area contributed by atoms with Gasteiger partial charge >= 0.3 is 0 Å². The maximum Gasteiger partial charge on any atom is 0.200 e. The first-order chi connectivity index (χ1) is 37.6. The van der Waals surface area contributed by atoms with Crippen molar-refractivity contribution >= 4 is 81.2 Å². The van der Waals surface area contributed by atoms with Crippen molar-refractivity contribution in [3.05, 3.63) is 229 Å². The van der Waals surface area contributed by atoms with Crippen LogP contribution in [-0.4, -0.2) is 13.3 Å². The number of rotatable bonds is 16. The van der Waals surface area contributed by atoms with Crippen LogP contribution >= 0.6 is 11.8 Å². The highest BCUT2D eigenvalue weighted by Crippen LogP contribution is 2.47. The van der Waals surface area contributed by atoms with E-state index >= 15 is 0 Å². The summed E-state index contributed by atoms with van der Waals surface area (Å²) < 4.78 is 0. The molecule has 8 rings (SSSR count). The number of anilines is 9. The minimum atomic E-state index is -0.123. The first-order valence-electron chi connectivity index (χ1n) is 28.8. The minimum Gasteiger partial charge on any atom is -0.351 e. The number of aryl methyl sites for hydroxylation is 1. The Morgan fingerprint density at radius 2 is 0.975 bits per heavy atom. The van der Waals surface area contributed by atoms with Crippen LogP contribution in [0, 0.1) is 18.3 Å². The van der Waals surface area contributed by atoms with Gasteiger partial charge in [0.1, 0.15) is 0 Å². The molecule has 0 fully saturated rings. The van der Waals surface area contributed by atoms with Crippen molar-refractivity contribution in [3.63, 3.8) is 0 Å². The molecule has 6 heteroatoms. The molecule has 1 aliphatic rings. The number of nitrogens with one attached hydrogen (secondary N) is 1. The van der Waals surface area contributed by atoms with Crippen molar-refractivity contribution in [2.75, 3.05) is 20.0 Å². The Balaban J connectivity index is 1.44. The van der Waals surface area contributed by atoms with Crippen molar-refractivity contribution < 1.29 is 0 Å². The molecular formula is C74H89BN4S. The third-order valence-electron chi connectivity index (χ3n) is 15.9. The molecule has 80 heavy (non-hydrogen) atoms. The van der Waals surface area contributed by atoms with Crippen molar-refractivity contribution in [1.82, 2.24) is 0 Å². The minimum absolute atomic E-state index is 0.00710. The van der Waals surface area contributed by atoms with E-state index in [4.69, 9.17) is 6.58 Å². The number of fused-ring (bicyclic) bond motifs is 2. The standard InChI is InChI=1S/C74H89BN4S/c1-20-22-27-65(62(25-21-2)74(17,18)19)79-66-48-60(77(56-37-29-52(30-38-56)70(5,6)7)57-39-31-53(32-40-57)71(8,9)10)45-46-63(66)75-69-64(76-51(4)80-68-28-24-23-26-50(68)3)47-61(49-67(69)79)78(58-41-33-54(34-42-58)72(11,12)13)59-43-35-55(36-44-59)73(14,15)16/h20-24,26-49,62,65,75-76H,1-2,4,25H2,3,5-19H3/b27-22-/t62?,65-/m1/s1. The number of allylic oxidation sites excluding steroid dienone is 3. The van der Waals surface area contributed by atoms with E-state index in [9.17, 15) is 0 Å². The van der Waals surface area contributed by atoms with Gasteiger partial charge in [-0.1, -0.05) is 231 Å². The van der Waals surface area contributed by atoms with E-state index in [2.05, 4.69) is 314 Å². The normalized spacial score (nSPS) is 13.7. The molecule has 0 bridgehead atoms. The largest absolute Gasteiger partial charge is 0.351 e. The van der Waals surface area contributed by atoms with Crippen LogP contribution in [0.15, 0.2) is 206 Å². The number of nitrogens with zero attached hydrogens (tertiary/aromatic N) is 3. The van der Waals surface area contributed by atoms with Gasteiger partial charge in [0.05, 0.1) is 16.8 Å². The fourth-order valence-electron chi connectivity index (χ4n) is 11.1. The maximum atomic E-state index is 4.73. The van der Waals surface area contributed by atoms with Crippen LogP contribution in [0.5, 0.6) is 0 Å². The summed E-state index contributed by atoms with van der Waals surface area (Å²) >= 11 is 1.68. The quantitative estimate of drug-likeness (QED) is 0.0449. The predicted molar refractivity (Wildman–Crippen MR) is 356 cm³/mol. The van der Waals surface area contributed by atoms with E-state index in [1.54, 1.807) is 11.8 Å². The first kappa shape index (κ1) is 59.2. The van der Waals surface area contributed by atoms with E-state index in [1.807, 2.05) is 6.08 Å². The number of hydrogen-bond donors (Lipinski definition) is 1. The van der Waals surface area contributed by atoms with E-state index in [0.29, 0.717) is 7.28 Å². The Morgan fingerprint density at radius 1 is 0.550 bits per heavy atom. The van der Waals surface area contributed by atoms with Gasteiger partial charge in [-0.25, -0.2) is 0 Å². The van der Waals surface area contributed by atoms with Crippen LogP contribution in [-0.2, 0) is 21.7 Å². The summed E-state index contributed by atoms with van der Waals surface area (Å²) in [7, 11) is 0.701. The summed E-state index contributed by atoms with van der Waals surface area (Å²) in [5.74, 6) is 0.141. The molecule has 1 N–H and O–H groups in total. The lowest BCUT2D eigenvalue weighted by molar-refractivity contribution is 0.222. The molecule has 1 heterocycles. The summed E-state index contributed by atoms with van der Waals surface area (Å²) in [6.07, 6.45) is 9.37. The molecule has 0 spiro atoms. The average Bonchev–Trinajstić information content (AvgIpc) is 3.40. The molecule has 0 radical (unpaired) electrons. The van der Waals surface area contributed by atoms with E-state index < -0.39 is 0 Å². The zero-order valence-electron chi connectivity index (χ0n) is 51.2. The van der Waals surface area contributed by atoms with Crippen molar-refractivity contribution in [2.45, 2.75) is 150 Å². The van der Waals surface area contributed by atoms with Gasteiger partial charge in [0.2, 0.25) is 0 Å². The monoisotopic (exact) mass is 1080 g/mol. The van der Waals surface area contributed by atoms with Gasteiger partial charge in [-0.15, -0.1) is 6.58 Å². The van der Waals surface area contributed by atoms with Crippen LogP contribution in [0.2, 0.25) is 0 Å². The smallest absolute Gasteiger partial charge is 0.200 e. The Bertz CT molecular complexity index is 3230. The molecule has 7 aromatic rings. The summed E-state index contributed by atoms with van der Waals surface area (Å²) in [5, 5.41) is 4.84. The lowest BCUT2D eigenvalue weighted by atomic mass is 9.59. The second-order valence-electron chi connectivity index (χ2n) is 27.2. The number of benzene rings is 7.